The number of benzene rings is 1. The SMILES string of the molecule is NC(=O)C1C=CC=CN1c1ccccc1. The molecule has 2 rings (SSSR count). The summed E-state index contributed by atoms with van der Waals surface area (Å²) in [4.78, 5) is 13.1. The predicted molar refractivity (Wildman–Crippen MR) is 60.2 cm³/mol. The van der Waals surface area contributed by atoms with Gasteiger partial charge in [0.2, 0.25) is 5.91 Å². The molecule has 2 N–H and O–H groups in total. The first kappa shape index (κ1) is 9.52. The van der Waals surface area contributed by atoms with E-state index in [0.717, 1.165) is 5.69 Å². The zero-order valence-corrected chi connectivity index (χ0v) is 8.21. The van der Waals surface area contributed by atoms with E-state index in [0.29, 0.717) is 0 Å². The number of primary amides is 1. The smallest absolute Gasteiger partial charge is 0.244 e. The van der Waals surface area contributed by atoms with Gasteiger partial charge in [-0.1, -0.05) is 30.4 Å². The monoisotopic (exact) mass is 200 g/mol. The lowest BCUT2D eigenvalue weighted by Crippen LogP contribution is -2.41. The number of carbonyl (C=O) groups is 1. The van der Waals surface area contributed by atoms with Gasteiger partial charge in [0.1, 0.15) is 6.04 Å². The van der Waals surface area contributed by atoms with Crippen LogP contribution in [0.4, 0.5) is 5.69 Å². The quantitative estimate of drug-likeness (QED) is 0.785. The van der Waals surface area contributed by atoms with Gasteiger partial charge < -0.3 is 10.6 Å². The summed E-state index contributed by atoms with van der Waals surface area (Å²) < 4.78 is 0. The number of amides is 1. The molecule has 0 saturated heterocycles. The Bertz CT molecular complexity index is 409. The van der Waals surface area contributed by atoms with Gasteiger partial charge in [-0.3, -0.25) is 4.79 Å². The maximum Gasteiger partial charge on any atom is 0.244 e. The van der Waals surface area contributed by atoms with Crippen LogP contribution in [0.5, 0.6) is 0 Å². The van der Waals surface area contributed by atoms with Gasteiger partial charge in [-0.05, 0) is 18.2 Å². The summed E-state index contributed by atoms with van der Waals surface area (Å²) >= 11 is 0. The van der Waals surface area contributed by atoms with Crippen LogP contribution in [0, 0.1) is 0 Å². The van der Waals surface area contributed by atoms with Crippen LogP contribution in [0.25, 0.3) is 0 Å². The van der Waals surface area contributed by atoms with E-state index in [-0.39, 0.29) is 5.91 Å². The van der Waals surface area contributed by atoms with E-state index in [1.807, 2.05) is 53.6 Å². The third-order valence-corrected chi connectivity index (χ3v) is 2.30. The Kier molecular flexibility index (Phi) is 2.54. The average molecular weight is 200 g/mol. The molecule has 0 aliphatic carbocycles. The molecule has 1 heterocycles. The van der Waals surface area contributed by atoms with E-state index < -0.39 is 6.04 Å². The summed E-state index contributed by atoms with van der Waals surface area (Å²) in [6.45, 7) is 0. The minimum Gasteiger partial charge on any atom is -0.368 e. The normalized spacial score (nSPS) is 19.2. The highest BCUT2D eigenvalue weighted by molar-refractivity contribution is 5.87. The third kappa shape index (κ3) is 1.91. The van der Waals surface area contributed by atoms with Crippen LogP contribution < -0.4 is 10.6 Å². The average Bonchev–Trinajstić information content (AvgIpc) is 2.30. The van der Waals surface area contributed by atoms with Crippen LogP contribution in [0.15, 0.2) is 54.8 Å². The number of allylic oxidation sites excluding steroid dienone is 2. The second-order valence-electron chi connectivity index (χ2n) is 3.32. The van der Waals surface area contributed by atoms with E-state index in [2.05, 4.69) is 0 Å². The van der Waals surface area contributed by atoms with E-state index in [1.165, 1.54) is 0 Å². The van der Waals surface area contributed by atoms with Crippen LogP contribution in [0.1, 0.15) is 0 Å². The number of nitrogens with zero attached hydrogens (tertiary/aromatic N) is 1. The molecule has 0 aromatic heterocycles. The Labute approximate surface area is 88.5 Å². The van der Waals surface area contributed by atoms with Crippen LogP contribution in [0.3, 0.4) is 0 Å². The molecule has 3 nitrogen and oxygen atoms in total. The Morgan fingerprint density at radius 3 is 2.60 bits per heavy atom. The Morgan fingerprint density at radius 1 is 1.20 bits per heavy atom. The molecule has 1 aliphatic heterocycles. The van der Waals surface area contributed by atoms with Crippen molar-refractivity contribution in [2.75, 3.05) is 4.90 Å². The molecule has 3 heteroatoms. The van der Waals surface area contributed by atoms with E-state index in [1.54, 1.807) is 6.08 Å². The summed E-state index contributed by atoms with van der Waals surface area (Å²) in [6, 6.07) is 9.29. The lowest BCUT2D eigenvalue weighted by molar-refractivity contribution is -0.118. The van der Waals surface area contributed by atoms with Crippen molar-refractivity contribution in [3.63, 3.8) is 0 Å². The molecule has 1 aromatic carbocycles. The van der Waals surface area contributed by atoms with Crippen molar-refractivity contribution in [1.82, 2.24) is 0 Å². The van der Waals surface area contributed by atoms with Gasteiger partial charge in [0, 0.05) is 11.9 Å². The second kappa shape index (κ2) is 4.00. The number of nitrogens with two attached hydrogens (primary N) is 1. The Balaban J connectivity index is 2.32. The Morgan fingerprint density at radius 2 is 1.93 bits per heavy atom. The maximum absolute atomic E-state index is 11.2. The van der Waals surface area contributed by atoms with Crippen LogP contribution in [-0.4, -0.2) is 11.9 Å². The van der Waals surface area contributed by atoms with Crippen molar-refractivity contribution in [1.29, 1.82) is 0 Å². The highest BCUT2D eigenvalue weighted by atomic mass is 16.1. The largest absolute Gasteiger partial charge is 0.368 e. The van der Waals surface area contributed by atoms with E-state index in [4.69, 9.17) is 5.73 Å². The fraction of sp³-hybridized carbons (Fsp3) is 0.0833. The van der Waals surface area contributed by atoms with Crippen molar-refractivity contribution < 1.29 is 4.79 Å². The van der Waals surface area contributed by atoms with Crippen molar-refractivity contribution in [3.8, 4) is 0 Å². The topological polar surface area (TPSA) is 46.3 Å². The summed E-state index contributed by atoms with van der Waals surface area (Å²) in [5.41, 5.74) is 6.29. The molecule has 1 amide bonds. The highest BCUT2D eigenvalue weighted by Crippen LogP contribution is 2.19. The zero-order valence-electron chi connectivity index (χ0n) is 8.21. The molecule has 0 saturated carbocycles. The first-order valence-electron chi connectivity index (χ1n) is 4.77. The van der Waals surface area contributed by atoms with Crippen molar-refractivity contribution in [2.24, 2.45) is 5.73 Å². The molecule has 0 radical (unpaired) electrons. The number of hydrogen-bond donors (Lipinski definition) is 1. The van der Waals surface area contributed by atoms with Gasteiger partial charge in [0.05, 0.1) is 0 Å². The molecule has 0 fully saturated rings. The number of anilines is 1. The van der Waals surface area contributed by atoms with Crippen molar-refractivity contribution in [2.45, 2.75) is 6.04 Å². The van der Waals surface area contributed by atoms with Gasteiger partial charge in [-0.25, -0.2) is 0 Å². The Hall–Kier alpha value is -2.03. The first-order chi connectivity index (χ1) is 7.29. The van der Waals surface area contributed by atoms with Gasteiger partial charge >= 0.3 is 0 Å². The fourth-order valence-electron chi connectivity index (χ4n) is 1.58. The standard InChI is InChI=1S/C12H12N2O/c13-12(15)11-8-4-5-9-14(11)10-6-2-1-3-7-10/h1-9,11H,(H2,13,15). The van der Waals surface area contributed by atoms with Gasteiger partial charge in [0.15, 0.2) is 0 Å². The van der Waals surface area contributed by atoms with E-state index in [9.17, 15) is 4.79 Å². The summed E-state index contributed by atoms with van der Waals surface area (Å²) in [5, 5.41) is 0. The highest BCUT2D eigenvalue weighted by Gasteiger charge is 2.20. The third-order valence-electron chi connectivity index (χ3n) is 2.30. The number of hydrogen-bond acceptors (Lipinski definition) is 2. The lowest BCUT2D eigenvalue weighted by Gasteiger charge is -2.27. The first-order valence-corrected chi connectivity index (χ1v) is 4.77. The summed E-state index contributed by atoms with van der Waals surface area (Å²) in [5.74, 6) is -0.348. The van der Waals surface area contributed by atoms with Crippen LogP contribution >= 0.6 is 0 Å². The minimum atomic E-state index is -0.391. The van der Waals surface area contributed by atoms with Crippen LogP contribution in [-0.2, 0) is 4.79 Å². The number of para-hydroxylation sites is 1. The molecular weight excluding hydrogens is 188 g/mol. The number of rotatable bonds is 2. The summed E-state index contributed by atoms with van der Waals surface area (Å²) in [6.07, 6.45) is 7.35. The molecule has 1 aliphatic rings. The molecule has 1 atom stereocenters. The van der Waals surface area contributed by atoms with Crippen molar-refractivity contribution in [3.05, 3.63) is 54.8 Å². The molecular formula is C12H12N2O. The van der Waals surface area contributed by atoms with Gasteiger partial charge in [-0.15, -0.1) is 0 Å². The molecule has 15 heavy (non-hydrogen) atoms. The van der Waals surface area contributed by atoms with Gasteiger partial charge in [0.25, 0.3) is 0 Å². The van der Waals surface area contributed by atoms with E-state index >= 15 is 0 Å². The molecule has 1 unspecified atom stereocenters. The summed E-state index contributed by atoms with van der Waals surface area (Å²) in [7, 11) is 0. The second-order valence-corrected chi connectivity index (χ2v) is 3.32. The predicted octanol–water partition coefficient (Wildman–Crippen LogP) is 1.43. The minimum absolute atomic E-state index is 0.348. The zero-order chi connectivity index (χ0) is 10.7. The van der Waals surface area contributed by atoms with Gasteiger partial charge in [-0.2, -0.15) is 0 Å². The molecule has 76 valence electrons. The van der Waals surface area contributed by atoms with Crippen LogP contribution in [0.2, 0.25) is 0 Å². The molecule has 0 spiro atoms. The lowest BCUT2D eigenvalue weighted by atomic mass is 10.1. The van der Waals surface area contributed by atoms with Crippen molar-refractivity contribution >= 4 is 11.6 Å². The maximum atomic E-state index is 11.2. The molecule has 0 bridgehead atoms. The fourth-order valence-corrected chi connectivity index (χ4v) is 1.58. The number of carbonyl (C=O) groups excluding carboxylic acids is 1. The molecule has 1 aromatic rings.